The first-order valence-corrected chi connectivity index (χ1v) is 15.6. The maximum Gasteiger partial charge on any atom is 0.136 e. The maximum atomic E-state index is 6.57. The van der Waals surface area contributed by atoms with Gasteiger partial charge in [0.15, 0.2) is 0 Å². The van der Waals surface area contributed by atoms with Crippen LogP contribution in [0.15, 0.2) is 162 Å². The largest absolute Gasteiger partial charge is 0.456 e. The molecular formula is C43H26N2O. The van der Waals surface area contributed by atoms with Crippen molar-refractivity contribution in [1.82, 2.24) is 9.55 Å². The minimum atomic E-state index is 0.882. The molecule has 10 rings (SSSR count). The molecule has 0 saturated carbocycles. The third kappa shape index (κ3) is 3.63. The van der Waals surface area contributed by atoms with E-state index in [1.807, 2.05) is 18.5 Å². The molecule has 0 aliphatic heterocycles. The van der Waals surface area contributed by atoms with Crippen LogP contribution >= 0.6 is 0 Å². The van der Waals surface area contributed by atoms with Crippen molar-refractivity contribution in [3.63, 3.8) is 0 Å². The van der Waals surface area contributed by atoms with Crippen molar-refractivity contribution < 1.29 is 4.42 Å². The summed E-state index contributed by atoms with van der Waals surface area (Å²) in [4.78, 5) is 4.39. The lowest BCUT2D eigenvalue weighted by Gasteiger charge is -2.12. The summed E-state index contributed by atoms with van der Waals surface area (Å²) in [6.07, 6.45) is 3.73. The second-order valence-electron chi connectivity index (χ2n) is 12.0. The molecule has 0 N–H and O–H groups in total. The standard InChI is InChI=1S/C43H26N2O/c1-2-10-29-24-39-37(23-28(29)9-1)34-13-5-6-16-38(34)45(39)31-20-18-27(19-21-31)36-25-41-43(35-14-4-3-12-33(35)36)42-32(15-7-17-40(42)46-41)30-11-8-22-44-26-30/h1-26H. The van der Waals surface area contributed by atoms with E-state index in [0.29, 0.717) is 0 Å². The van der Waals surface area contributed by atoms with E-state index in [1.165, 1.54) is 43.4 Å². The molecule has 10 aromatic rings. The third-order valence-electron chi connectivity index (χ3n) is 9.45. The first-order chi connectivity index (χ1) is 22.8. The number of rotatable bonds is 3. The fourth-order valence-electron chi connectivity index (χ4n) is 7.41. The van der Waals surface area contributed by atoms with Crippen LogP contribution in [0.4, 0.5) is 0 Å². The first kappa shape index (κ1) is 25.2. The smallest absolute Gasteiger partial charge is 0.136 e. The molecule has 3 heterocycles. The number of nitrogens with zero attached hydrogens (tertiary/aromatic N) is 2. The minimum Gasteiger partial charge on any atom is -0.456 e. The van der Waals surface area contributed by atoms with Crippen LogP contribution in [-0.2, 0) is 0 Å². The van der Waals surface area contributed by atoms with Crippen molar-refractivity contribution in [2.45, 2.75) is 0 Å². The summed E-state index contributed by atoms with van der Waals surface area (Å²) in [5.74, 6) is 0. The molecule has 0 radical (unpaired) electrons. The van der Waals surface area contributed by atoms with E-state index in [1.54, 1.807) is 0 Å². The van der Waals surface area contributed by atoms with Crippen molar-refractivity contribution in [2.75, 3.05) is 0 Å². The zero-order valence-electron chi connectivity index (χ0n) is 24.8. The van der Waals surface area contributed by atoms with Gasteiger partial charge in [-0.25, -0.2) is 0 Å². The van der Waals surface area contributed by atoms with Crippen molar-refractivity contribution in [2.24, 2.45) is 0 Å². The molecule has 0 aliphatic rings. The molecular weight excluding hydrogens is 560 g/mol. The monoisotopic (exact) mass is 586 g/mol. The number of furan rings is 1. The van der Waals surface area contributed by atoms with Crippen LogP contribution in [0, 0.1) is 0 Å². The lowest BCUT2D eigenvalue weighted by atomic mass is 9.93. The van der Waals surface area contributed by atoms with Gasteiger partial charge in [-0.05, 0) is 86.8 Å². The van der Waals surface area contributed by atoms with Crippen LogP contribution in [0.1, 0.15) is 0 Å². The highest BCUT2D eigenvalue weighted by molar-refractivity contribution is 6.25. The quantitative estimate of drug-likeness (QED) is 0.206. The Morgan fingerprint density at radius 3 is 2.04 bits per heavy atom. The van der Waals surface area contributed by atoms with Gasteiger partial charge in [0.05, 0.1) is 11.0 Å². The third-order valence-corrected chi connectivity index (χ3v) is 9.45. The summed E-state index contributed by atoms with van der Waals surface area (Å²) in [6.45, 7) is 0. The van der Waals surface area contributed by atoms with Gasteiger partial charge >= 0.3 is 0 Å². The normalized spacial score (nSPS) is 11.9. The predicted octanol–water partition coefficient (Wildman–Crippen LogP) is 11.7. The van der Waals surface area contributed by atoms with E-state index < -0.39 is 0 Å². The molecule has 0 amide bonds. The molecule has 3 heteroatoms. The van der Waals surface area contributed by atoms with Crippen LogP contribution in [-0.4, -0.2) is 9.55 Å². The summed E-state index contributed by atoms with van der Waals surface area (Å²) >= 11 is 0. The highest BCUT2D eigenvalue weighted by atomic mass is 16.3. The van der Waals surface area contributed by atoms with Crippen LogP contribution in [0.25, 0.3) is 93.2 Å². The van der Waals surface area contributed by atoms with E-state index in [-0.39, 0.29) is 0 Å². The Kier molecular flexibility index (Phi) is 5.28. The minimum absolute atomic E-state index is 0.882. The van der Waals surface area contributed by atoms with E-state index in [0.717, 1.165) is 49.9 Å². The van der Waals surface area contributed by atoms with Gasteiger partial charge in [-0.15, -0.1) is 0 Å². The SMILES string of the molecule is c1cncc(-c2cccc3oc4cc(-c5ccc(-n6c7ccccc7c7cc8ccccc8cc76)cc5)c5ccccc5c4c23)c1. The fraction of sp³-hybridized carbons (Fsp3) is 0. The van der Waals surface area contributed by atoms with Crippen LogP contribution in [0.5, 0.6) is 0 Å². The summed E-state index contributed by atoms with van der Waals surface area (Å²) in [5, 5.41) is 9.69. The predicted molar refractivity (Wildman–Crippen MR) is 192 cm³/mol. The Morgan fingerprint density at radius 1 is 0.457 bits per heavy atom. The number of fused-ring (bicyclic) bond motifs is 9. The highest BCUT2D eigenvalue weighted by Crippen LogP contribution is 2.43. The van der Waals surface area contributed by atoms with E-state index in [9.17, 15) is 0 Å². The Morgan fingerprint density at radius 2 is 1.22 bits per heavy atom. The average Bonchev–Trinajstić information content (AvgIpc) is 3.66. The number of pyridine rings is 1. The molecule has 0 atom stereocenters. The lowest BCUT2D eigenvalue weighted by molar-refractivity contribution is 0.669. The zero-order chi connectivity index (χ0) is 30.2. The summed E-state index contributed by atoms with van der Waals surface area (Å²) in [5.41, 5.74) is 9.85. The molecule has 7 aromatic carbocycles. The molecule has 0 unspecified atom stereocenters. The van der Waals surface area contributed by atoms with E-state index in [4.69, 9.17) is 4.42 Å². The zero-order valence-corrected chi connectivity index (χ0v) is 24.8. The highest BCUT2D eigenvalue weighted by Gasteiger charge is 2.19. The molecule has 0 fully saturated rings. The molecule has 0 bridgehead atoms. The van der Waals surface area contributed by atoms with Crippen LogP contribution in [0.3, 0.4) is 0 Å². The lowest BCUT2D eigenvalue weighted by Crippen LogP contribution is -1.94. The molecule has 0 spiro atoms. The Hall–Kier alpha value is -6.19. The molecule has 3 aromatic heterocycles. The number of para-hydroxylation sites is 1. The number of benzene rings is 7. The maximum absolute atomic E-state index is 6.57. The number of hydrogen-bond donors (Lipinski definition) is 0. The Balaban J connectivity index is 1.18. The summed E-state index contributed by atoms with van der Waals surface area (Å²) in [7, 11) is 0. The molecule has 214 valence electrons. The van der Waals surface area contributed by atoms with Crippen molar-refractivity contribution in [1.29, 1.82) is 0 Å². The van der Waals surface area contributed by atoms with E-state index in [2.05, 4.69) is 149 Å². The van der Waals surface area contributed by atoms with Crippen molar-refractivity contribution in [3.8, 4) is 27.9 Å². The van der Waals surface area contributed by atoms with Crippen LogP contribution < -0.4 is 0 Å². The van der Waals surface area contributed by atoms with Gasteiger partial charge in [0.2, 0.25) is 0 Å². The van der Waals surface area contributed by atoms with Gasteiger partial charge < -0.3 is 8.98 Å². The second-order valence-corrected chi connectivity index (χ2v) is 12.0. The van der Waals surface area contributed by atoms with Gasteiger partial charge in [0.1, 0.15) is 11.2 Å². The van der Waals surface area contributed by atoms with Crippen molar-refractivity contribution in [3.05, 3.63) is 158 Å². The Labute approximate surface area is 264 Å². The van der Waals surface area contributed by atoms with Crippen molar-refractivity contribution >= 4 is 65.3 Å². The number of aromatic nitrogens is 2. The van der Waals surface area contributed by atoms with E-state index >= 15 is 0 Å². The van der Waals surface area contributed by atoms with Gasteiger partial charge in [0, 0.05) is 45.2 Å². The molecule has 3 nitrogen and oxygen atoms in total. The molecule has 46 heavy (non-hydrogen) atoms. The second kappa shape index (κ2) is 9.65. The van der Waals surface area contributed by atoms with Gasteiger partial charge in [-0.2, -0.15) is 0 Å². The van der Waals surface area contributed by atoms with Crippen LogP contribution in [0.2, 0.25) is 0 Å². The van der Waals surface area contributed by atoms with Gasteiger partial charge in [-0.3, -0.25) is 4.98 Å². The topological polar surface area (TPSA) is 31.0 Å². The molecule has 0 saturated heterocycles. The van der Waals surface area contributed by atoms with Gasteiger partial charge in [0.25, 0.3) is 0 Å². The number of hydrogen-bond acceptors (Lipinski definition) is 2. The average molecular weight is 587 g/mol. The molecule has 0 aliphatic carbocycles. The summed E-state index contributed by atoms with van der Waals surface area (Å²) in [6, 6.07) is 52.2. The fourth-order valence-corrected chi connectivity index (χ4v) is 7.41. The first-order valence-electron chi connectivity index (χ1n) is 15.6. The Bertz CT molecular complexity index is 2790. The van der Waals surface area contributed by atoms with Gasteiger partial charge in [-0.1, -0.05) is 97.1 Å². The summed E-state index contributed by atoms with van der Waals surface area (Å²) < 4.78 is 8.96.